The van der Waals surface area contributed by atoms with Crippen molar-refractivity contribution in [2.75, 3.05) is 18.4 Å². The highest BCUT2D eigenvalue weighted by molar-refractivity contribution is 5.74. The zero-order chi connectivity index (χ0) is 14.6. The molecule has 0 aliphatic carbocycles. The molecule has 0 radical (unpaired) electrons. The average Bonchev–Trinajstić information content (AvgIpc) is 2.37. The maximum atomic E-state index is 11.7. The molecule has 0 saturated heterocycles. The topological polar surface area (TPSA) is 53.2 Å². The highest BCUT2D eigenvalue weighted by Crippen LogP contribution is 2.26. The zero-order valence-electron chi connectivity index (χ0n) is 12.7. The Balaban J connectivity index is 1.87. The van der Waals surface area contributed by atoms with Crippen LogP contribution in [0.1, 0.15) is 38.3 Å². The SMILES string of the molecule is CC(C)(C)NC(=O)NCCc1cccc2c1NCCC2. The molecule has 110 valence electrons. The van der Waals surface area contributed by atoms with Crippen molar-refractivity contribution < 1.29 is 4.79 Å². The summed E-state index contributed by atoms with van der Waals surface area (Å²) in [6.45, 7) is 7.63. The van der Waals surface area contributed by atoms with Crippen LogP contribution in [0.5, 0.6) is 0 Å². The summed E-state index contributed by atoms with van der Waals surface area (Å²) in [7, 11) is 0. The Hall–Kier alpha value is -1.71. The Kier molecular flexibility index (Phi) is 4.53. The highest BCUT2D eigenvalue weighted by atomic mass is 16.2. The van der Waals surface area contributed by atoms with Gasteiger partial charge in [0.25, 0.3) is 0 Å². The van der Waals surface area contributed by atoms with Crippen LogP contribution < -0.4 is 16.0 Å². The van der Waals surface area contributed by atoms with Gasteiger partial charge in [0.2, 0.25) is 0 Å². The number of hydrogen-bond acceptors (Lipinski definition) is 2. The molecule has 2 amide bonds. The lowest BCUT2D eigenvalue weighted by molar-refractivity contribution is 0.232. The van der Waals surface area contributed by atoms with E-state index in [-0.39, 0.29) is 11.6 Å². The summed E-state index contributed by atoms with van der Waals surface area (Å²) in [6.07, 6.45) is 3.20. The Bertz CT molecular complexity index is 477. The molecule has 1 aliphatic heterocycles. The number of nitrogens with one attached hydrogen (secondary N) is 3. The van der Waals surface area contributed by atoms with Crippen molar-refractivity contribution in [3.8, 4) is 0 Å². The number of rotatable bonds is 3. The molecule has 0 unspecified atom stereocenters. The van der Waals surface area contributed by atoms with Gasteiger partial charge in [-0.25, -0.2) is 4.79 Å². The van der Waals surface area contributed by atoms with Crippen LogP contribution in [-0.2, 0) is 12.8 Å². The molecule has 20 heavy (non-hydrogen) atoms. The molecule has 1 aromatic carbocycles. The van der Waals surface area contributed by atoms with Crippen LogP contribution in [0.3, 0.4) is 0 Å². The van der Waals surface area contributed by atoms with E-state index in [1.165, 1.54) is 23.2 Å². The standard InChI is InChI=1S/C16H25N3O/c1-16(2,3)19-15(20)18-11-9-13-7-4-6-12-8-5-10-17-14(12)13/h4,6-7,17H,5,8-11H2,1-3H3,(H2,18,19,20). The van der Waals surface area contributed by atoms with Crippen LogP contribution in [0.4, 0.5) is 10.5 Å². The third-order valence-corrected chi connectivity index (χ3v) is 3.33. The lowest BCUT2D eigenvalue weighted by Gasteiger charge is -2.22. The molecule has 0 atom stereocenters. The summed E-state index contributed by atoms with van der Waals surface area (Å²) < 4.78 is 0. The van der Waals surface area contributed by atoms with Gasteiger partial charge in [-0.2, -0.15) is 0 Å². The molecule has 1 heterocycles. The minimum atomic E-state index is -0.197. The molecule has 0 saturated carbocycles. The predicted molar refractivity (Wildman–Crippen MR) is 83.2 cm³/mol. The summed E-state index contributed by atoms with van der Waals surface area (Å²) in [5.74, 6) is 0. The van der Waals surface area contributed by atoms with Crippen molar-refractivity contribution in [1.82, 2.24) is 10.6 Å². The van der Waals surface area contributed by atoms with E-state index in [4.69, 9.17) is 0 Å². The molecular weight excluding hydrogens is 250 g/mol. The quantitative estimate of drug-likeness (QED) is 0.794. The predicted octanol–water partition coefficient (Wildman–Crippen LogP) is 2.68. The van der Waals surface area contributed by atoms with Crippen LogP contribution in [0.2, 0.25) is 0 Å². The number of amides is 2. The number of fused-ring (bicyclic) bond motifs is 1. The first-order valence-corrected chi connectivity index (χ1v) is 7.36. The van der Waals surface area contributed by atoms with E-state index >= 15 is 0 Å². The Morgan fingerprint density at radius 1 is 1.35 bits per heavy atom. The molecule has 4 nitrogen and oxygen atoms in total. The lowest BCUT2D eigenvalue weighted by atomic mass is 9.98. The Morgan fingerprint density at radius 2 is 2.15 bits per heavy atom. The van der Waals surface area contributed by atoms with E-state index in [2.05, 4.69) is 34.1 Å². The van der Waals surface area contributed by atoms with Crippen molar-refractivity contribution in [1.29, 1.82) is 0 Å². The maximum Gasteiger partial charge on any atom is 0.315 e. The first-order chi connectivity index (χ1) is 9.46. The Morgan fingerprint density at radius 3 is 2.90 bits per heavy atom. The van der Waals surface area contributed by atoms with Gasteiger partial charge in [-0.3, -0.25) is 0 Å². The third kappa shape index (κ3) is 4.15. The molecule has 2 rings (SSSR count). The number of para-hydroxylation sites is 1. The fourth-order valence-corrected chi connectivity index (χ4v) is 2.48. The molecule has 0 fully saturated rings. The third-order valence-electron chi connectivity index (χ3n) is 3.33. The smallest absolute Gasteiger partial charge is 0.315 e. The summed E-state index contributed by atoms with van der Waals surface area (Å²) in [5.41, 5.74) is 3.76. The highest BCUT2D eigenvalue weighted by Gasteiger charge is 2.14. The van der Waals surface area contributed by atoms with E-state index < -0.39 is 0 Å². The molecule has 3 N–H and O–H groups in total. The van der Waals surface area contributed by atoms with Crippen LogP contribution in [0.15, 0.2) is 18.2 Å². The van der Waals surface area contributed by atoms with Crippen molar-refractivity contribution in [3.05, 3.63) is 29.3 Å². The van der Waals surface area contributed by atoms with Gasteiger partial charge >= 0.3 is 6.03 Å². The largest absolute Gasteiger partial charge is 0.385 e. The first-order valence-electron chi connectivity index (χ1n) is 7.36. The van der Waals surface area contributed by atoms with Gasteiger partial charge in [0.05, 0.1) is 0 Å². The van der Waals surface area contributed by atoms with E-state index in [0.29, 0.717) is 6.54 Å². The van der Waals surface area contributed by atoms with Crippen LogP contribution >= 0.6 is 0 Å². The first kappa shape index (κ1) is 14.7. The van der Waals surface area contributed by atoms with Gasteiger partial charge in [0, 0.05) is 24.3 Å². The van der Waals surface area contributed by atoms with Crippen LogP contribution in [0, 0.1) is 0 Å². The van der Waals surface area contributed by atoms with Crippen molar-refractivity contribution in [2.24, 2.45) is 0 Å². The van der Waals surface area contributed by atoms with Gasteiger partial charge in [0.1, 0.15) is 0 Å². The molecule has 0 aromatic heterocycles. The van der Waals surface area contributed by atoms with Crippen molar-refractivity contribution in [3.63, 3.8) is 0 Å². The van der Waals surface area contributed by atoms with Crippen molar-refractivity contribution in [2.45, 2.75) is 45.6 Å². The number of aryl methyl sites for hydroxylation is 1. The van der Waals surface area contributed by atoms with Crippen LogP contribution in [-0.4, -0.2) is 24.7 Å². The second-order valence-corrected chi connectivity index (χ2v) is 6.36. The molecule has 4 heteroatoms. The number of hydrogen-bond donors (Lipinski definition) is 3. The molecule has 1 aromatic rings. The number of benzene rings is 1. The summed E-state index contributed by atoms with van der Waals surface area (Å²) >= 11 is 0. The van der Waals surface area contributed by atoms with E-state index in [9.17, 15) is 4.79 Å². The summed E-state index contributed by atoms with van der Waals surface area (Å²) in [4.78, 5) is 11.7. The van der Waals surface area contributed by atoms with E-state index in [1.807, 2.05) is 20.8 Å². The fraction of sp³-hybridized carbons (Fsp3) is 0.562. The summed E-state index contributed by atoms with van der Waals surface area (Å²) in [6, 6.07) is 6.33. The average molecular weight is 275 g/mol. The van der Waals surface area contributed by atoms with Gasteiger partial charge in [-0.15, -0.1) is 0 Å². The van der Waals surface area contributed by atoms with Gasteiger partial charge in [-0.05, 0) is 51.2 Å². The minimum Gasteiger partial charge on any atom is -0.385 e. The second kappa shape index (κ2) is 6.16. The zero-order valence-corrected chi connectivity index (χ0v) is 12.7. The number of anilines is 1. The lowest BCUT2D eigenvalue weighted by Crippen LogP contribution is -2.46. The van der Waals surface area contributed by atoms with E-state index in [1.54, 1.807) is 0 Å². The summed E-state index contributed by atoms with van der Waals surface area (Å²) in [5, 5.41) is 9.30. The Labute approximate surface area is 121 Å². The molecular formula is C16H25N3O. The van der Waals surface area contributed by atoms with Crippen LogP contribution in [0.25, 0.3) is 0 Å². The number of carbonyl (C=O) groups excluding carboxylic acids is 1. The normalized spacial score (nSPS) is 14.2. The van der Waals surface area contributed by atoms with Gasteiger partial charge < -0.3 is 16.0 Å². The fourth-order valence-electron chi connectivity index (χ4n) is 2.48. The van der Waals surface area contributed by atoms with Gasteiger partial charge in [-0.1, -0.05) is 18.2 Å². The monoisotopic (exact) mass is 275 g/mol. The second-order valence-electron chi connectivity index (χ2n) is 6.36. The minimum absolute atomic E-state index is 0.102. The molecule has 0 spiro atoms. The van der Waals surface area contributed by atoms with E-state index in [0.717, 1.165) is 19.4 Å². The molecule has 0 bridgehead atoms. The molecule has 1 aliphatic rings. The number of carbonyl (C=O) groups is 1. The van der Waals surface area contributed by atoms with Gasteiger partial charge in [0.15, 0.2) is 0 Å². The maximum absolute atomic E-state index is 11.7. The number of urea groups is 1. The van der Waals surface area contributed by atoms with Crippen molar-refractivity contribution >= 4 is 11.7 Å².